The van der Waals surface area contributed by atoms with Crippen LogP contribution in [0.4, 0.5) is 4.39 Å². The quantitative estimate of drug-likeness (QED) is 0.791. The van der Waals surface area contributed by atoms with E-state index in [0.29, 0.717) is 6.04 Å². The molecule has 0 aromatic heterocycles. The van der Waals surface area contributed by atoms with E-state index in [4.69, 9.17) is 10.5 Å². The fourth-order valence-corrected chi connectivity index (χ4v) is 4.27. The lowest BCUT2D eigenvalue weighted by molar-refractivity contribution is -0.0359. The highest BCUT2D eigenvalue weighted by atomic mass is 19.1. The Kier molecular flexibility index (Phi) is 2.79. The second kappa shape index (κ2) is 4.43. The molecule has 2 N–H and O–H groups in total. The maximum atomic E-state index is 13.4. The zero-order valence-corrected chi connectivity index (χ0v) is 11.6. The minimum absolute atomic E-state index is 0.109. The molecule has 3 heterocycles. The lowest BCUT2D eigenvalue weighted by atomic mass is 9.78. The van der Waals surface area contributed by atoms with Gasteiger partial charge in [-0.3, -0.25) is 0 Å². The highest BCUT2D eigenvalue weighted by molar-refractivity contribution is 5.39. The summed E-state index contributed by atoms with van der Waals surface area (Å²) in [5.41, 5.74) is 6.99. The molecule has 4 heteroatoms. The van der Waals surface area contributed by atoms with Gasteiger partial charge in [-0.05, 0) is 44.0 Å². The molecule has 3 aliphatic rings. The second-order valence-electron chi connectivity index (χ2n) is 6.56. The fourth-order valence-electron chi connectivity index (χ4n) is 4.27. The molecule has 0 amide bonds. The van der Waals surface area contributed by atoms with E-state index >= 15 is 0 Å². The Hall–Kier alpha value is -1.13. The van der Waals surface area contributed by atoms with Gasteiger partial charge in [0.25, 0.3) is 0 Å². The normalized spacial score (nSPS) is 36.5. The smallest absolute Gasteiger partial charge is 0.125 e. The van der Waals surface area contributed by atoms with E-state index in [1.165, 1.54) is 31.5 Å². The molecule has 0 radical (unpaired) electrons. The van der Waals surface area contributed by atoms with Gasteiger partial charge in [-0.15, -0.1) is 0 Å². The third kappa shape index (κ3) is 1.93. The Morgan fingerprint density at radius 1 is 1.30 bits per heavy atom. The summed E-state index contributed by atoms with van der Waals surface area (Å²) in [5, 5.41) is 0. The summed E-state index contributed by atoms with van der Waals surface area (Å²) >= 11 is 0. The van der Waals surface area contributed by atoms with E-state index in [0.717, 1.165) is 37.1 Å². The maximum Gasteiger partial charge on any atom is 0.125 e. The van der Waals surface area contributed by atoms with Gasteiger partial charge in [-0.2, -0.15) is 0 Å². The van der Waals surface area contributed by atoms with E-state index in [2.05, 4.69) is 4.90 Å². The van der Waals surface area contributed by atoms with E-state index in [-0.39, 0.29) is 17.5 Å². The van der Waals surface area contributed by atoms with Gasteiger partial charge in [-0.25, -0.2) is 4.39 Å². The van der Waals surface area contributed by atoms with Crippen LogP contribution in [0.1, 0.15) is 43.7 Å². The second-order valence-corrected chi connectivity index (χ2v) is 6.56. The molecule has 2 saturated heterocycles. The van der Waals surface area contributed by atoms with E-state index < -0.39 is 0 Å². The number of hydrogen-bond acceptors (Lipinski definition) is 3. The van der Waals surface area contributed by atoms with Crippen LogP contribution in [0, 0.1) is 5.82 Å². The predicted molar refractivity (Wildman–Crippen MR) is 75.1 cm³/mol. The topological polar surface area (TPSA) is 38.5 Å². The van der Waals surface area contributed by atoms with Crippen molar-refractivity contribution in [2.45, 2.75) is 49.8 Å². The predicted octanol–water partition coefficient (Wildman–Crippen LogP) is 2.61. The molecule has 20 heavy (non-hydrogen) atoms. The van der Waals surface area contributed by atoms with Crippen molar-refractivity contribution in [3.63, 3.8) is 0 Å². The third-order valence-electron chi connectivity index (χ3n) is 5.25. The largest absolute Gasteiger partial charge is 0.487 e. The summed E-state index contributed by atoms with van der Waals surface area (Å²) in [7, 11) is 0. The van der Waals surface area contributed by atoms with Crippen molar-refractivity contribution in [3.8, 4) is 5.75 Å². The lowest BCUT2D eigenvalue weighted by Crippen LogP contribution is -2.53. The number of benzene rings is 1. The molecule has 1 aromatic rings. The molecule has 3 nitrogen and oxygen atoms in total. The van der Waals surface area contributed by atoms with Gasteiger partial charge in [0, 0.05) is 37.0 Å². The highest BCUT2D eigenvalue weighted by Gasteiger charge is 2.46. The van der Waals surface area contributed by atoms with Gasteiger partial charge in [0.2, 0.25) is 0 Å². The Labute approximate surface area is 118 Å². The summed E-state index contributed by atoms with van der Waals surface area (Å²) in [6.45, 7) is 2.34. The number of nitrogens with two attached hydrogens (primary N) is 1. The molecule has 0 bridgehead atoms. The maximum absolute atomic E-state index is 13.4. The Morgan fingerprint density at radius 2 is 2.20 bits per heavy atom. The Balaban J connectivity index is 1.63. The van der Waals surface area contributed by atoms with Crippen LogP contribution in [0.3, 0.4) is 0 Å². The number of fused-ring (bicyclic) bond motifs is 2. The number of ether oxygens (including phenoxy) is 1. The average molecular weight is 276 g/mol. The first-order valence-electron chi connectivity index (χ1n) is 7.63. The van der Waals surface area contributed by atoms with Crippen molar-refractivity contribution in [2.24, 2.45) is 5.73 Å². The van der Waals surface area contributed by atoms with Crippen molar-refractivity contribution < 1.29 is 9.13 Å². The molecule has 1 aromatic carbocycles. The van der Waals surface area contributed by atoms with Crippen molar-refractivity contribution in [2.75, 3.05) is 13.1 Å². The van der Waals surface area contributed by atoms with E-state index in [1.54, 1.807) is 6.07 Å². The van der Waals surface area contributed by atoms with Crippen LogP contribution in [0.15, 0.2) is 18.2 Å². The highest BCUT2D eigenvalue weighted by Crippen LogP contribution is 2.46. The molecule has 2 fully saturated rings. The van der Waals surface area contributed by atoms with Crippen molar-refractivity contribution in [3.05, 3.63) is 29.6 Å². The minimum Gasteiger partial charge on any atom is -0.487 e. The number of piperidine rings is 1. The van der Waals surface area contributed by atoms with Gasteiger partial charge in [0.1, 0.15) is 17.2 Å². The number of nitrogens with zero attached hydrogens (tertiary/aromatic N) is 1. The zero-order valence-electron chi connectivity index (χ0n) is 11.6. The first-order valence-corrected chi connectivity index (χ1v) is 7.63. The zero-order chi connectivity index (χ0) is 13.7. The van der Waals surface area contributed by atoms with Crippen LogP contribution < -0.4 is 10.5 Å². The van der Waals surface area contributed by atoms with E-state index in [1.807, 2.05) is 0 Å². The first kappa shape index (κ1) is 12.6. The van der Waals surface area contributed by atoms with Crippen LogP contribution >= 0.6 is 0 Å². The van der Waals surface area contributed by atoms with Gasteiger partial charge >= 0.3 is 0 Å². The average Bonchev–Trinajstić information content (AvgIpc) is 2.87. The monoisotopic (exact) mass is 276 g/mol. The SMILES string of the molecule is N[C@@H]1CC2(CCN3CCCC3C2)Oc2ccc(F)cc21. The number of hydrogen-bond donors (Lipinski definition) is 1. The van der Waals surface area contributed by atoms with Gasteiger partial charge in [0.05, 0.1) is 0 Å². The summed E-state index contributed by atoms with van der Waals surface area (Å²) in [4.78, 5) is 2.58. The van der Waals surface area contributed by atoms with Crippen LogP contribution in [0.5, 0.6) is 5.75 Å². The molecular formula is C16H21FN2O. The lowest BCUT2D eigenvalue weighted by Gasteiger charge is -2.48. The number of rotatable bonds is 0. The van der Waals surface area contributed by atoms with Crippen molar-refractivity contribution in [1.29, 1.82) is 0 Å². The molecule has 0 saturated carbocycles. The first-order chi connectivity index (χ1) is 9.65. The molecule has 3 aliphatic heterocycles. The van der Waals surface area contributed by atoms with Crippen LogP contribution in [-0.4, -0.2) is 29.6 Å². The Morgan fingerprint density at radius 3 is 3.10 bits per heavy atom. The third-order valence-corrected chi connectivity index (χ3v) is 5.25. The van der Waals surface area contributed by atoms with Gasteiger partial charge in [-0.1, -0.05) is 0 Å². The fraction of sp³-hybridized carbons (Fsp3) is 0.625. The molecular weight excluding hydrogens is 255 g/mol. The molecule has 0 aliphatic carbocycles. The van der Waals surface area contributed by atoms with Crippen LogP contribution in [0.2, 0.25) is 0 Å². The molecule has 108 valence electrons. The molecule has 3 atom stereocenters. The van der Waals surface area contributed by atoms with Gasteiger partial charge in [0.15, 0.2) is 0 Å². The summed E-state index contributed by atoms with van der Waals surface area (Å²) in [6.07, 6.45) is 5.49. The number of halogens is 1. The van der Waals surface area contributed by atoms with Crippen molar-refractivity contribution in [1.82, 2.24) is 4.90 Å². The molecule has 4 rings (SSSR count). The minimum atomic E-state index is -0.232. The summed E-state index contributed by atoms with van der Waals surface area (Å²) in [5.74, 6) is 0.556. The molecule has 2 unspecified atom stereocenters. The summed E-state index contributed by atoms with van der Waals surface area (Å²) < 4.78 is 19.7. The molecule has 1 spiro atoms. The Bertz CT molecular complexity index is 535. The standard InChI is InChI=1S/C16H21FN2O/c17-11-3-4-15-13(8-11)14(18)10-16(20-15)5-7-19-6-1-2-12(19)9-16/h3-4,8,12,14H,1-2,5-7,9-10,18H2/t12?,14-,16?/m1/s1. The van der Waals surface area contributed by atoms with Crippen molar-refractivity contribution >= 4 is 0 Å². The van der Waals surface area contributed by atoms with Gasteiger partial charge < -0.3 is 15.4 Å². The summed E-state index contributed by atoms with van der Waals surface area (Å²) in [6, 6.07) is 5.28. The van der Waals surface area contributed by atoms with Crippen LogP contribution in [-0.2, 0) is 0 Å². The van der Waals surface area contributed by atoms with Crippen LogP contribution in [0.25, 0.3) is 0 Å². The van der Waals surface area contributed by atoms with E-state index in [9.17, 15) is 4.39 Å².